The average Bonchev–Trinajstić information content (AvgIpc) is 3.06. The summed E-state index contributed by atoms with van der Waals surface area (Å²) in [5.41, 5.74) is 1.56. The number of carbonyl (C=O) groups is 1. The van der Waals surface area contributed by atoms with E-state index in [1.165, 1.54) is 16.2 Å². The van der Waals surface area contributed by atoms with E-state index < -0.39 is 0 Å². The van der Waals surface area contributed by atoms with Gasteiger partial charge in [-0.15, -0.1) is 0 Å². The second kappa shape index (κ2) is 12.4. The molecule has 10 heteroatoms. The number of nitrogens with one attached hydrogen (secondary N) is 1. The Kier molecular flexibility index (Phi) is 9.63. The van der Waals surface area contributed by atoms with Crippen molar-refractivity contribution in [3.63, 3.8) is 0 Å². The first-order chi connectivity index (χ1) is 16.3. The van der Waals surface area contributed by atoms with Crippen molar-refractivity contribution in [2.45, 2.75) is 46.6 Å². The molecule has 2 aromatic heterocycles. The van der Waals surface area contributed by atoms with Crippen molar-refractivity contribution >= 4 is 51.7 Å². The molecule has 0 aromatic carbocycles. The number of hydrogen-bond acceptors (Lipinski definition) is 8. The van der Waals surface area contributed by atoms with E-state index in [1.54, 1.807) is 17.2 Å². The molecule has 0 radical (unpaired) electrons. The molecule has 1 aliphatic rings. The van der Waals surface area contributed by atoms with Crippen LogP contribution in [0, 0.1) is 6.92 Å². The molecular formula is C24H32N4O4S2. The smallest absolute Gasteiger partial charge is 0.267 e. The van der Waals surface area contributed by atoms with Gasteiger partial charge in [-0.1, -0.05) is 30.0 Å². The van der Waals surface area contributed by atoms with E-state index in [9.17, 15) is 9.59 Å². The van der Waals surface area contributed by atoms with Crippen molar-refractivity contribution in [1.29, 1.82) is 0 Å². The van der Waals surface area contributed by atoms with Crippen LogP contribution in [0.4, 0.5) is 5.82 Å². The zero-order valence-corrected chi connectivity index (χ0v) is 21.8. The summed E-state index contributed by atoms with van der Waals surface area (Å²) in [6, 6.07) is 3.72. The van der Waals surface area contributed by atoms with E-state index >= 15 is 0 Å². The lowest BCUT2D eigenvalue weighted by atomic mass is 10.2. The number of thiocarbonyl (C=S) groups is 1. The zero-order valence-electron chi connectivity index (χ0n) is 20.1. The summed E-state index contributed by atoms with van der Waals surface area (Å²) in [6.07, 6.45) is 4.91. The number of aryl methyl sites for hydroxylation is 1. The van der Waals surface area contributed by atoms with Crippen LogP contribution in [-0.4, -0.2) is 63.5 Å². The molecule has 0 aliphatic carbocycles. The molecule has 3 rings (SSSR count). The van der Waals surface area contributed by atoms with E-state index in [4.69, 9.17) is 26.7 Å². The molecule has 8 nitrogen and oxygen atoms in total. The molecule has 2 aromatic rings. The van der Waals surface area contributed by atoms with Crippen LogP contribution in [0.25, 0.3) is 11.7 Å². The highest BCUT2D eigenvalue weighted by Crippen LogP contribution is 2.33. The number of ether oxygens (including phenoxy) is 2. The maximum Gasteiger partial charge on any atom is 0.267 e. The van der Waals surface area contributed by atoms with Crippen molar-refractivity contribution in [1.82, 2.24) is 14.3 Å². The van der Waals surface area contributed by atoms with Gasteiger partial charge in [-0.3, -0.25) is 18.9 Å². The van der Waals surface area contributed by atoms with Crippen LogP contribution >= 0.6 is 24.0 Å². The average molecular weight is 505 g/mol. The fraction of sp³-hybridized carbons (Fsp3) is 0.500. The molecule has 1 amide bonds. The third kappa shape index (κ3) is 6.44. The third-order valence-electron chi connectivity index (χ3n) is 5.17. The number of aromatic nitrogens is 2. The van der Waals surface area contributed by atoms with Gasteiger partial charge < -0.3 is 14.8 Å². The number of rotatable bonds is 12. The van der Waals surface area contributed by atoms with Crippen molar-refractivity contribution in [3.05, 3.63) is 44.7 Å². The number of nitrogens with zero attached hydrogens (tertiary/aromatic N) is 3. The maximum absolute atomic E-state index is 13.4. The largest absolute Gasteiger partial charge is 0.382 e. The van der Waals surface area contributed by atoms with E-state index in [0.29, 0.717) is 65.6 Å². The quantitative estimate of drug-likeness (QED) is 0.265. The summed E-state index contributed by atoms with van der Waals surface area (Å²) in [6.45, 7) is 10.7. The monoisotopic (exact) mass is 504 g/mol. The molecule has 0 unspecified atom stereocenters. The van der Waals surface area contributed by atoms with Gasteiger partial charge >= 0.3 is 0 Å². The van der Waals surface area contributed by atoms with Crippen LogP contribution in [0.1, 0.15) is 44.7 Å². The van der Waals surface area contributed by atoms with Crippen molar-refractivity contribution in [2.75, 3.05) is 38.2 Å². The van der Waals surface area contributed by atoms with Gasteiger partial charge in [0.2, 0.25) is 0 Å². The minimum Gasteiger partial charge on any atom is -0.382 e. The number of pyridine rings is 1. The number of thioether (sulfide) groups is 1. The summed E-state index contributed by atoms with van der Waals surface area (Å²) >= 11 is 6.63. The van der Waals surface area contributed by atoms with Gasteiger partial charge in [0.15, 0.2) is 0 Å². The van der Waals surface area contributed by atoms with E-state index in [-0.39, 0.29) is 17.6 Å². The number of anilines is 1. The molecule has 0 saturated carbocycles. The van der Waals surface area contributed by atoms with Crippen LogP contribution in [0.3, 0.4) is 0 Å². The second-order valence-electron chi connectivity index (χ2n) is 8.15. The lowest BCUT2D eigenvalue weighted by Crippen LogP contribution is -2.29. The molecule has 1 saturated heterocycles. The second-order valence-corrected chi connectivity index (χ2v) is 9.82. The zero-order chi connectivity index (χ0) is 24.7. The first kappa shape index (κ1) is 26.3. The van der Waals surface area contributed by atoms with Crippen LogP contribution in [0.15, 0.2) is 28.0 Å². The summed E-state index contributed by atoms with van der Waals surface area (Å²) in [7, 11) is 0. The Morgan fingerprint density at radius 1 is 1.26 bits per heavy atom. The van der Waals surface area contributed by atoms with E-state index in [1.807, 2.05) is 39.8 Å². The van der Waals surface area contributed by atoms with Gasteiger partial charge in [-0.2, -0.15) is 0 Å². The Bertz CT molecular complexity index is 1130. The van der Waals surface area contributed by atoms with E-state index in [2.05, 4.69) is 5.32 Å². The summed E-state index contributed by atoms with van der Waals surface area (Å²) in [5.74, 6) is 0.252. The highest BCUT2D eigenvalue weighted by atomic mass is 32.2. The van der Waals surface area contributed by atoms with Crippen molar-refractivity contribution < 1.29 is 14.3 Å². The van der Waals surface area contributed by atoms with Gasteiger partial charge in [-0.05, 0) is 58.2 Å². The van der Waals surface area contributed by atoms with Gasteiger partial charge in [-0.25, -0.2) is 4.98 Å². The summed E-state index contributed by atoms with van der Waals surface area (Å²) in [5, 5.41) is 3.27. The normalized spacial score (nSPS) is 15.3. The lowest BCUT2D eigenvalue weighted by Gasteiger charge is -2.14. The van der Waals surface area contributed by atoms with Gasteiger partial charge in [0.1, 0.15) is 15.8 Å². The third-order valence-corrected chi connectivity index (χ3v) is 6.55. The van der Waals surface area contributed by atoms with Crippen LogP contribution in [-0.2, 0) is 14.3 Å². The fourth-order valence-corrected chi connectivity index (χ4v) is 4.76. The van der Waals surface area contributed by atoms with Gasteiger partial charge in [0, 0.05) is 39.1 Å². The molecule has 1 N–H and O–H groups in total. The molecule has 1 aliphatic heterocycles. The fourth-order valence-electron chi connectivity index (χ4n) is 3.47. The number of hydrogen-bond donors (Lipinski definition) is 1. The molecule has 0 spiro atoms. The molecule has 0 atom stereocenters. The standard InChI is InChI=1S/C24H32N4O4S2/c1-5-31-13-8-12-28-23(30)19(34-24(28)33)15-18-20(25-10-7-14-32-16(2)3)26-21-17(4)9-6-11-27(21)22(18)29/h6,9,11,15-16,25H,5,7-8,10,12-14H2,1-4H3/b19-15-. The lowest BCUT2D eigenvalue weighted by molar-refractivity contribution is -0.122. The molecule has 3 heterocycles. The SMILES string of the molecule is CCOCCCN1C(=O)/C(=C/c2c(NCCCOC(C)C)nc3c(C)cccn3c2=O)SC1=S. The number of carbonyl (C=O) groups excluding carboxylic acids is 1. The first-order valence-electron chi connectivity index (χ1n) is 11.5. The molecule has 0 bridgehead atoms. The Morgan fingerprint density at radius 2 is 2.06 bits per heavy atom. The highest BCUT2D eigenvalue weighted by molar-refractivity contribution is 8.26. The Balaban J connectivity index is 1.89. The minimum atomic E-state index is -0.240. The number of fused-ring (bicyclic) bond motifs is 1. The Labute approximate surface area is 209 Å². The van der Waals surface area contributed by atoms with Crippen LogP contribution < -0.4 is 10.9 Å². The van der Waals surface area contributed by atoms with Crippen LogP contribution in [0.5, 0.6) is 0 Å². The maximum atomic E-state index is 13.4. The molecule has 184 valence electrons. The van der Waals surface area contributed by atoms with Gasteiger partial charge in [0.05, 0.1) is 16.6 Å². The van der Waals surface area contributed by atoms with Gasteiger partial charge in [0.25, 0.3) is 11.5 Å². The Morgan fingerprint density at radius 3 is 2.79 bits per heavy atom. The first-order valence-corrected chi connectivity index (χ1v) is 12.8. The highest BCUT2D eigenvalue weighted by Gasteiger charge is 2.32. The minimum absolute atomic E-state index is 0.164. The van der Waals surface area contributed by atoms with Crippen molar-refractivity contribution in [3.8, 4) is 0 Å². The molecule has 34 heavy (non-hydrogen) atoms. The molecular weight excluding hydrogens is 472 g/mol. The Hall–Kier alpha value is -2.27. The topological polar surface area (TPSA) is 85.2 Å². The van der Waals surface area contributed by atoms with Crippen molar-refractivity contribution in [2.24, 2.45) is 0 Å². The molecule has 1 fully saturated rings. The van der Waals surface area contributed by atoms with Crippen LogP contribution in [0.2, 0.25) is 0 Å². The summed E-state index contributed by atoms with van der Waals surface area (Å²) < 4.78 is 13.0. The predicted octanol–water partition coefficient (Wildman–Crippen LogP) is 3.86. The number of amides is 1. The predicted molar refractivity (Wildman–Crippen MR) is 141 cm³/mol. The summed E-state index contributed by atoms with van der Waals surface area (Å²) in [4.78, 5) is 33.2. The van der Waals surface area contributed by atoms with E-state index in [0.717, 1.165) is 12.0 Å².